The van der Waals surface area contributed by atoms with Crippen LogP contribution in [0.1, 0.15) is 45.4 Å². The Morgan fingerprint density at radius 3 is 2.57 bits per heavy atom. The van der Waals surface area contributed by atoms with Crippen molar-refractivity contribution < 1.29 is 0 Å². The van der Waals surface area contributed by atoms with Crippen LogP contribution in [0.25, 0.3) is 0 Å². The lowest BCUT2D eigenvalue weighted by atomic mass is 9.80. The Kier molecular flexibility index (Phi) is 7.44. The molecule has 2 fully saturated rings. The molecule has 0 aliphatic carbocycles. The first-order chi connectivity index (χ1) is 10.2. The van der Waals surface area contributed by atoms with Gasteiger partial charge in [0, 0.05) is 25.7 Å². The lowest BCUT2D eigenvalue weighted by Gasteiger charge is -2.42. The number of nitrogens with zero attached hydrogens (tertiary/aromatic N) is 2. The number of nitrogens with two attached hydrogens (primary N) is 2. The zero-order chi connectivity index (χ0) is 15.1. The van der Waals surface area contributed by atoms with Gasteiger partial charge in [-0.05, 0) is 83.5 Å². The molecule has 2 heterocycles. The van der Waals surface area contributed by atoms with Gasteiger partial charge in [-0.2, -0.15) is 0 Å². The Bertz CT molecular complexity index is 282. The first kappa shape index (κ1) is 17.2. The molecule has 0 bridgehead atoms. The zero-order valence-corrected chi connectivity index (χ0v) is 14.0. The molecule has 4 heteroatoms. The highest BCUT2D eigenvalue weighted by molar-refractivity contribution is 4.85. The van der Waals surface area contributed by atoms with Crippen LogP contribution in [0.2, 0.25) is 0 Å². The van der Waals surface area contributed by atoms with Gasteiger partial charge in [0.1, 0.15) is 0 Å². The van der Waals surface area contributed by atoms with Crippen LogP contribution >= 0.6 is 0 Å². The fourth-order valence-electron chi connectivity index (χ4n) is 4.39. The van der Waals surface area contributed by atoms with Crippen molar-refractivity contribution in [2.45, 2.75) is 51.5 Å². The molecule has 124 valence electrons. The van der Waals surface area contributed by atoms with Crippen LogP contribution < -0.4 is 11.5 Å². The minimum absolute atomic E-state index is 0.724. The molecule has 2 aliphatic heterocycles. The average Bonchev–Trinajstić information content (AvgIpc) is 2.50. The molecule has 2 saturated heterocycles. The summed E-state index contributed by atoms with van der Waals surface area (Å²) < 4.78 is 0. The van der Waals surface area contributed by atoms with E-state index in [9.17, 15) is 0 Å². The molecule has 4 nitrogen and oxygen atoms in total. The van der Waals surface area contributed by atoms with E-state index in [4.69, 9.17) is 11.5 Å². The highest BCUT2D eigenvalue weighted by Crippen LogP contribution is 2.32. The van der Waals surface area contributed by atoms with Crippen LogP contribution in [0.3, 0.4) is 0 Å². The number of piperidine rings is 2. The molecule has 0 spiro atoms. The molecule has 0 aromatic rings. The Morgan fingerprint density at radius 2 is 1.81 bits per heavy atom. The topological polar surface area (TPSA) is 58.5 Å². The molecule has 0 aromatic carbocycles. The minimum Gasteiger partial charge on any atom is -0.330 e. The van der Waals surface area contributed by atoms with E-state index in [1.165, 1.54) is 58.3 Å². The van der Waals surface area contributed by atoms with Crippen molar-refractivity contribution in [3.05, 3.63) is 0 Å². The smallest absolute Gasteiger partial charge is 0.0108 e. The second-order valence-electron chi connectivity index (χ2n) is 7.15. The highest BCUT2D eigenvalue weighted by atomic mass is 15.2. The third-order valence-corrected chi connectivity index (χ3v) is 5.61. The van der Waals surface area contributed by atoms with Gasteiger partial charge in [0.15, 0.2) is 0 Å². The van der Waals surface area contributed by atoms with Gasteiger partial charge in [-0.15, -0.1) is 0 Å². The van der Waals surface area contributed by atoms with Gasteiger partial charge in [0.25, 0.3) is 0 Å². The summed E-state index contributed by atoms with van der Waals surface area (Å²) in [5.41, 5.74) is 11.4. The summed E-state index contributed by atoms with van der Waals surface area (Å²) in [7, 11) is 0. The predicted molar refractivity (Wildman–Crippen MR) is 90.3 cm³/mol. The molecule has 0 radical (unpaired) electrons. The third-order valence-electron chi connectivity index (χ3n) is 5.61. The molecule has 0 saturated carbocycles. The number of hydrogen-bond acceptors (Lipinski definition) is 4. The van der Waals surface area contributed by atoms with Crippen LogP contribution in [-0.2, 0) is 0 Å². The van der Waals surface area contributed by atoms with Crippen LogP contribution in [0.15, 0.2) is 0 Å². The molecular weight excluding hydrogens is 260 g/mol. The lowest BCUT2D eigenvalue weighted by molar-refractivity contribution is 0.0755. The molecule has 2 aliphatic rings. The molecular formula is C17H36N4. The van der Waals surface area contributed by atoms with Crippen LogP contribution in [0.5, 0.6) is 0 Å². The van der Waals surface area contributed by atoms with E-state index in [2.05, 4.69) is 16.7 Å². The molecule has 21 heavy (non-hydrogen) atoms. The maximum atomic E-state index is 5.76. The van der Waals surface area contributed by atoms with E-state index < -0.39 is 0 Å². The van der Waals surface area contributed by atoms with E-state index in [0.29, 0.717) is 0 Å². The van der Waals surface area contributed by atoms with Gasteiger partial charge in [0.2, 0.25) is 0 Å². The Labute approximate surface area is 131 Å². The normalized spacial score (nSPS) is 32.4. The van der Waals surface area contributed by atoms with Crippen LogP contribution in [-0.4, -0.2) is 61.7 Å². The molecule has 0 amide bonds. The van der Waals surface area contributed by atoms with Crippen molar-refractivity contribution >= 4 is 0 Å². The van der Waals surface area contributed by atoms with E-state index in [-0.39, 0.29) is 0 Å². The van der Waals surface area contributed by atoms with Gasteiger partial charge in [-0.1, -0.05) is 0 Å². The second-order valence-corrected chi connectivity index (χ2v) is 7.15. The number of hydrogen-bond donors (Lipinski definition) is 2. The van der Waals surface area contributed by atoms with Gasteiger partial charge >= 0.3 is 0 Å². The zero-order valence-electron chi connectivity index (χ0n) is 14.0. The maximum absolute atomic E-state index is 5.76. The molecule has 4 N–H and O–H groups in total. The minimum atomic E-state index is 0.724. The third kappa shape index (κ3) is 5.20. The maximum Gasteiger partial charge on any atom is 0.0108 e. The SMILES string of the molecule is CC1C(CC2CCCN(CCCN)C2)CCCN1CCN. The molecule has 3 atom stereocenters. The average molecular weight is 297 g/mol. The summed E-state index contributed by atoms with van der Waals surface area (Å²) in [6.07, 6.45) is 8.15. The summed E-state index contributed by atoms with van der Waals surface area (Å²) in [6.45, 7) is 10.2. The number of likely N-dealkylation sites (tertiary alicyclic amines) is 2. The van der Waals surface area contributed by atoms with Gasteiger partial charge < -0.3 is 16.4 Å². The van der Waals surface area contributed by atoms with Gasteiger partial charge in [-0.3, -0.25) is 4.90 Å². The number of rotatable bonds is 7. The predicted octanol–water partition coefficient (Wildman–Crippen LogP) is 1.50. The van der Waals surface area contributed by atoms with E-state index >= 15 is 0 Å². The Hall–Kier alpha value is -0.160. The van der Waals surface area contributed by atoms with Crippen molar-refractivity contribution in [2.24, 2.45) is 23.3 Å². The first-order valence-corrected chi connectivity index (χ1v) is 9.11. The largest absolute Gasteiger partial charge is 0.330 e. The van der Waals surface area contributed by atoms with E-state index in [1.807, 2.05) is 0 Å². The highest BCUT2D eigenvalue weighted by Gasteiger charge is 2.30. The van der Waals surface area contributed by atoms with E-state index in [1.54, 1.807) is 0 Å². The monoisotopic (exact) mass is 296 g/mol. The van der Waals surface area contributed by atoms with Crippen LogP contribution in [0.4, 0.5) is 0 Å². The first-order valence-electron chi connectivity index (χ1n) is 9.11. The Balaban J connectivity index is 1.79. The summed E-state index contributed by atoms with van der Waals surface area (Å²) in [4.78, 5) is 5.26. The second kappa shape index (κ2) is 9.09. The molecule has 0 aromatic heterocycles. The van der Waals surface area contributed by atoms with Crippen LogP contribution in [0, 0.1) is 11.8 Å². The van der Waals surface area contributed by atoms with Crippen molar-refractivity contribution in [3.8, 4) is 0 Å². The molecule has 2 rings (SSSR count). The molecule has 3 unspecified atom stereocenters. The standard InChI is InChI=1S/C17H36N4/c1-15-17(6-3-11-21(15)12-8-19)13-16-5-2-9-20(14-16)10-4-7-18/h15-17H,2-14,18-19H2,1H3. The van der Waals surface area contributed by atoms with Gasteiger partial charge in [-0.25, -0.2) is 0 Å². The van der Waals surface area contributed by atoms with Crippen molar-refractivity contribution in [2.75, 3.05) is 45.8 Å². The summed E-state index contributed by atoms with van der Waals surface area (Å²) >= 11 is 0. The fraction of sp³-hybridized carbons (Fsp3) is 1.00. The summed E-state index contributed by atoms with van der Waals surface area (Å²) in [5, 5.41) is 0. The van der Waals surface area contributed by atoms with Crippen molar-refractivity contribution in [3.63, 3.8) is 0 Å². The van der Waals surface area contributed by atoms with Gasteiger partial charge in [0.05, 0.1) is 0 Å². The lowest BCUT2D eigenvalue weighted by Crippen LogP contribution is -2.47. The van der Waals surface area contributed by atoms with Crippen molar-refractivity contribution in [1.82, 2.24) is 9.80 Å². The van der Waals surface area contributed by atoms with Crippen molar-refractivity contribution in [1.29, 1.82) is 0 Å². The Morgan fingerprint density at radius 1 is 1.00 bits per heavy atom. The fourth-order valence-corrected chi connectivity index (χ4v) is 4.39. The van der Waals surface area contributed by atoms with E-state index in [0.717, 1.165) is 43.9 Å². The summed E-state index contributed by atoms with van der Waals surface area (Å²) in [5.74, 6) is 1.78. The summed E-state index contributed by atoms with van der Waals surface area (Å²) in [6, 6.07) is 0.724. The quantitative estimate of drug-likeness (QED) is 0.747.